The van der Waals surface area contributed by atoms with Crippen molar-refractivity contribution in [3.05, 3.63) is 80.5 Å². The first-order valence-corrected chi connectivity index (χ1v) is 10.3. The van der Waals surface area contributed by atoms with E-state index in [1.807, 2.05) is 32.0 Å². The normalized spacial score (nSPS) is 15.2. The molecule has 0 unspecified atom stereocenters. The molecule has 0 spiro atoms. The molecule has 1 aliphatic heterocycles. The molecular weight excluding hydrogens is 416 g/mol. The molecule has 3 amide bonds. The van der Waals surface area contributed by atoms with Gasteiger partial charge >= 0.3 is 0 Å². The molecule has 0 radical (unpaired) electrons. The van der Waals surface area contributed by atoms with E-state index in [1.54, 1.807) is 24.3 Å². The fourth-order valence-electron chi connectivity index (χ4n) is 3.30. The lowest BCUT2D eigenvalue weighted by Gasteiger charge is -2.15. The number of aryl methyl sites for hydroxylation is 2. The summed E-state index contributed by atoms with van der Waals surface area (Å²) in [5.41, 5.74) is 2.70. The van der Waals surface area contributed by atoms with Gasteiger partial charge < -0.3 is 9.73 Å². The van der Waals surface area contributed by atoms with Crippen molar-refractivity contribution in [2.45, 2.75) is 13.8 Å². The molecular formula is C23H18N2O5S. The minimum absolute atomic E-state index is 0.0625. The Bertz CT molecular complexity index is 1300. The van der Waals surface area contributed by atoms with Crippen LogP contribution < -0.4 is 10.7 Å². The molecule has 2 aromatic carbocycles. The first-order valence-electron chi connectivity index (χ1n) is 9.47. The summed E-state index contributed by atoms with van der Waals surface area (Å²) in [4.78, 5) is 51.1. The second-order valence-corrected chi connectivity index (χ2v) is 8.09. The number of nitrogens with zero attached hydrogens (tertiary/aromatic N) is 1. The molecule has 1 aromatic heterocycles. The van der Waals surface area contributed by atoms with Crippen molar-refractivity contribution in [3.8, 4) is 0 Å². The van der Waals surface area contributed by atoms with E-state index >= 15 is 0 Å². The molecule has 4 rings (SSSR count). The third-order valence-corrected chi connectivity index (χ3v) is 5.82. The Balaban J connectivity index is 1.55. The van der Waals surface area contributed by atoms with Crippen molar-refractivity contribution in [1.29, 1.82) is 0 Å². The second-order valence-electron chi connectivity index (χ2n) is 7.10. The van der Waals surface area contributed by atoms with E-state index in [2.05, 4.69) is 5.32 Å². The van der Waals surface area contributed by atoms with Gasteiger partial charge in [0.25, 0.3) is 11.1 Å². The zero-order valence-corrected chi connectivity index (χ0v) is 17.6. The van der Waals surface area contributed by atoms with Crippen LogP contribution in [-0.4, -0.2) is 28.5 Å². The van der Waals surface area contributed by atoms with Crippen LogP contribution in [0.5, 0.6) is 0 Å². The fourth-order valence-corrected chi connectivity index (χ4v) is 4.13. The Morgan fingerprint density at radius 1 is 1.06 bits per heavy atom. The van der Waals surface area contributed by atoms with E-state index in [-0.39, 0.29) is 15.9 Å². The van der Waals surface area contributed by atoms with Gasteiger partial charge in [-0.3, -0.25) is 24.1 Å². The van der Waals surface area contributed by atoms with Gasteiger partial charge in [0.1, 0.15) is 18.4 Å². The van der Waals surface area contributed by atoms with Crippen LogP contribution in [0.25, 0.3) is 17.0 Å². The van der Waals surface area contributed by atoms with Crippen LogP contribution >= 0.6 is 11.8 Å². The number of rotatable bonds is 4. The number of anilines is 1. The van der Waals surface area contributed by atoms with Crippen LogP contribution in [0.1, 0.15) is 16.7 Å². The Labute approximate surface area is 181 Å². The maximum atomic E-state index is 12.7. The third-order valence-electron chi connectivity index (χ3n) is 4.91. The number of para-hydroxylation sites is 2. The number of thioether (sulfide) groups is 1. The molecule has 156 valence electrons. The molecule has 1 N–H and O–H groups in total. The number of carbonyl (C=O) groups is 3. The summed E-state index contributed by atoms with van der Waals surface area (Å²) >= 11 is 0.683. The Morgan fingerprint density at radius 3 is 2.52 bits per heavy atom. The van der Waals surface area contributed by atoms with E-state index in [4.69, 9.17) is 4.42 Å². The molecule has 1 fully saturated rings. The minimum Gasteiger partial charge on any atom is -0.463 e. The Morgan fingerprint density at radius 2 is 1.77 bits per heavy atom. The van der Waals surface area contributed by atoms with Crippen molar-refractivity contribution < 1.29 is 18.8 Å². The van der Waals surface area contributed by atoms with Gasteiger partial charge in [0.2, 0.25) is 5.91 Å². The highest BCUT2D eigenvalue weighted by Gasteiger charge is 2.36. The van der Waals surface area contributed by atoms with Crippen LogP contribution in [0.4, 0.5) is 10.5 Å². The SMILES string of the molecule is Cc1cccc(C)c1NC(=O)CN1C(=O)S/C(=C\c2coc3ccccc3c2=O)C1=O. The number of hydrogen-bond acceptors (Lipinski definition) is 6. The summed E-state index contributed by atoms with van der Waals surface area (Å²) in [7, 11) is 0. The standard InChI is InChI=1S/C23H18N2O5S/c1-13-6-5-7-14(2)20(13)24-19(26)11-25-22(28)18(31-23(25)29)10-15-12-30-17-9-4-3-8-16(17)21(15)27/h3-10,12H,11H2,1-2H3,(H,24,26)/b18-10-. The topological polar surface area (TPSA) is 96.7 Å². The maximum absolute atomic E-state index is 12.7. The number of fused-ring (bicyclic) bond motifs is 1. The van der Waals surface area contributed by atoms with E-state index in [0.717, 1.165) is 16.0 Å². The van der Waals surface area contributed by atoms with E-state index < -0.39 is 23.6 Å². The molecule has 31 heavy (non-hydrogen) atoms. The minimum atomic E-state index is -0.626. The average Bonchev–Trinajstić information content (AvgIpc) is 3.00. The molecule has 1 saturated heterocycles. The van der Waals surface area contributed by atoms with Gasteiger partial charge in [-0.2, -0.15) is 0 Å². The molecule has 0 aliphatic carbocycles. The third kappa shape index (κ3) is 4.02. The van der Waals surface area contributed by atoms with Crippen LogP contribution in [-0.2, 0) is 9.59 Å². The molecule has 7 nitrogen and oxygen atoms in total. The quantitative estimate of drug-likeness (QED) is 0.622. The number of amides is 3. The van der Waals surface area contributed by atoms with Gasteiger partial charge in [-0.15, -0.1) is 0 Å². The molecule has 8 heteroatoms. The zero-order valence-electron chi connectivity index (χ0n) is 16.8. The lowest BCUT2D eigenvalue weighted by atomic mass is 10.1. The van der Waals surface area contributed by atoms with E-state index in [9.17, 15) is 19.2 Å². The van der Waals surface area contributed by atoms with Crippen molar-refractivity contribution in [3.63, 3.8) is 0 Å². The number of carbonyl (C=O) groups excluding carboxylic acids is 3. The Kier molecular flexibility index (Phi) is 5.48. The highest BCUT2D eigenvalue weighted by atomic mass is 32.2. The maximum Gasteiger partial charge on any atom is 0.294 e. The average molecular weight is 434 g/mol. The van der Waals surface area contributed by atoms with Crippen molar-refractivity contribution in [2.24, 2.45) is 0 Å². The summed E-state index contributed by atoms with van der Waals surface area (Å²) < 4.78 is 5.45. The van der Waals surface area contributed by atoms with Gasteiger partial charge in [-0.25, -0.2) is 0 Å². The predicted molar refractivity (Wildman–Crippen MR) is 120 cm³/mol. The molecule has 0 atom stereocenters. The van der Waals surface area contributed by atoms with E-state index in [0.29, 0.717) is 28.4 Å². The van der Waals surface area contributed by atoms with Crippen molar-refractivity contribution >= 4 is 51.5 Å². The summed E-state index contributed by atoms with van der Waals surface area (Å²) in [6.45, 7) is 3.31. The fraction of sp³-hybridized carbons (Fsp3) is 0.130. The van der Waals surface area contributed by atoms with Crippen molar-refractivity contribution in [2.75, 3.05) is 11.9 Å². The summed E-state index contributed by atoms with van der Waals surface area (Å²) in [6, 6.07) is 12.4. The van der Waals surface area contributed by atoms with Gasteiger partial charge in [-0.05, 0) is 54.9 Å². The molecule has 2 heterocycles. The van der Waals surface area contributed by atoms with Crippen LogP contribution in [0.3, 0.4) is 0 Å². The number of imide groups is 1. The summed E-state index contributed by atoms with van der Waals surface area (Å²) in [6.07, 6.45) is 2.58. The first-order chi connectivity index (χ1) is 14.8. The van der Waals surface area contributed by atoms with E-state index in [1.165, 1.54) is 12.3 Å². The van der Waals surface area contributed by atoms with Crippen LogP contribution in [0.15, 0.2) is 62.8 Å². The lowest BCUT2D eigenvalue weighted by molar-refractivity contribution is -0.127. The van der Waals surface area contributed by atoms with Gasteiger partial charge in [0.15, 0.2) is 5.43 Å². The highest BCUT2D eigenvalue weighted by Crippen LogP contribution is 2.32. The summed E-state index contributed by atoms with van der Waals surface area (Å²) in [5.74, 6) is -1.11. The van der Waals surface area contributed by atoms with Crippen LogP contribution in [0.2, 0.25) is 0 Å². The van der Waals surface area contributed by atoms with Crippen LogP contribution in [0, 0.1) is 13.8 Å². The Hall–Kier alpha value is -3.65. The number of hydrogen-bond donors (Lipinski definition) is 1. The second kappa shape index (κ2) is 8.23. The van der Waals surface area contributed by atoms with Gasteiger partial charge in [-0.1, -0.05) is 30.3 Å². The predicted octanol–water partition coefficient (Wildman–Crippen LogP) is 4.08. The largest absolute Gasteiger partial charge is 0.463 e. The molecule has 0 saturated carbocycles. The monoisotopic (exact) mass is 434 g/mol. The van der Waals surface area contributed by atoms with Gasteiger partial charge in [0, 0.05) is 5.69 Å². The summed E-state index contributed by atoms with van der Waals surface area (Å²) in [5, 5.41) is 2.57. The zero-order chi connectivity index (χ0) is 22.1. The molecule has 0 bridgehead atoms. The molecule has 3 aromatic rings. The number of nitrogens with one attached hydrogen (secondary N) is 1. The van der Waals surface area contributed by atoms with Gasteiger partial charge in [0.05, 0.1) is 15.9 Å². The molecule has 1 aliphatic rings. The lowest BCUT2D eigenvalue weighted by Crippen LogP contribution is -2.36. The smallest absolute Gasteiger partial charge is 0.294 e. The number of benzene rings is 2. The first kappa shape index (κ1) is 20.6. The highest BCUT2D eigenvalue weighted by molar-refractivity contribution is 8.18. The van der Waals surface area contributed by atoms with Crippen molar-refractivity contribution in [1.82, 2.24) is 4.90 Å².